The highest BCUT2D eigenvalue weighted by molar-refractivity contribution is 7.89. The number of carbonyl (C=O) groups is 2. The van der Waals surface area contributed by atoms with Gasteiger partial charge in [0.1, 0.15) is 5.82 Å². The second kappa shape index (κ2) is 9.74. The predicted molar refractivity (Wildman–Crippen MR) is 123 cm³/mol. The highest BCUT2D eigenvalue weighted by Crippen LogP contribution is 2.27. The molecule has 34 heavy (non-hydrogen) atoms. The largest absolute Gasteiger partial charge is 0.465 e. The molecule has 3 aromatic rings. The number of methoxy groups -OCH3 is 1. The Balaban J connectivity index is 1.38. The molecule has 1 aliphatic rings. The second-order valence-corrected chi connectivity index (χ2v) is 9.72. The fourth-order valence-electron chi connectivity index (χ4n) is 3.91. The number of ether oxygens (including phenoxy) is 2. The lowest BCUT2D eigenvalue weighted by molar-refractivity contribution is -0.151. The van der Waals surface area contributed by atoms with Gasteiger partial charge in [-0.05, 0) is 37.1 Å². The van der Waals surface area contributed by atoms with E-state index >= 15 is 0 Å². The molecule has 1 fully saturated rings. The summed E-state index contributed by atoms with van der Waals surface area (Å²) in [5, 5.41) is 0.722. The van der Waals surface area contributed by atoms with E-state index in [0.29, 0.717) is 30.0 Å². The van der Waals surface area contributed by atoms with Gasteiger partial charge in [0.25, 0.3) is 0 Å². The third-order valence-corrected chi connectivity index (χ3v) is 7.68. The van der Waals surface area contributed by atoms with Gasteiger partial charge in [-0.1, -0.05) is 24.3 Å². The maximum Gasteiger partial charge on any atom is 0.339 e. The Morgan fingerprint density at radius 2 is 1.74 bits per heavy atom. The Morgan fingerprint density at radius 1 is 1.06 bits per heavy atom. The molecule has 0 atom stereocenters. The zero-order valence-electron chi connectivity index (χ0n) is 18.5. The van der Waals surface area contributed by atoms with E-state index in [1.165, 1.54) is 23.5 Å². The molecule has 2 N–H and O–H groups in total. The zero-order chi connectivity index (χ0) is 24.3. The molecule has 2 heterocycles. The van der Waals surface area contributed by atoms with Crippen LogP contribution in [0.1, 0.15) is 29.0 Å². The van der Waals surface area contributed by atoms with E-state index in [9.17, 15) is 18.0 Å². The lowest BCUT2D eigenvalue weighted by atomic mass is 9.98. The van der Waals surface area contributed by atoms with E-state index in [1.54, 1.807) is 18.2 Å². The van der Waals surface area contributed by atoms with E-state index in [2.05, 4.69) is 9.97 Å². The molecule has 11 heteroatoms. The van der Waals surface area contributed by atoms with Gasteiger partial charge < -0.3 is 15.2 Å². The Kier molecular flexibility index (Phi) is 6.75. The highest BCUT2D eigenvalue weighted by atomic mass is 32.2. The monoisotopic (exact) mass is 484 g/mol. The molecule has 0 saturated carbocycles. The second-order valence-electron chi connectivity index (χ2n) is 7.82. The SMILES string of the molecule is COC(=O)c1ccccc1S(=O)(=O)N1CCC(C(=O)OCc2nc(N)c3ccccc3n2)CC1. The van der Waals surface area contributed by atoms with Gasteiger partial charge in [-0.3, -0.25) is 4.79 Å². The van der Waals surface area contributed by atoms with Crippen molar-refractivity contribution < 1.29 is 27.5 Å². The number of rotatable bonds is 6. The van der Waals surface area contributed by atoms with E-state index in [1.807, 2.05) is 18.2 Å². The molecule has 0 unspecified atom stereocenters. The van der Waals surface area contributed by atoms with Crippen molar-refractivity contribution in [2.75, 3.05) is 25.9 Å². The number of nitrogens with zero attached hydrogens (tertiary/aromatic N) is 3. The van der Waals surface area contributed by atoms with Gasteiger partial charge >= 0.3 is 11.9 Å². The number of sulfonamides is 1. The summed E-state index contributed by atoms with van der Waals surface area (Å²) in [4.78, 5) is 33.0. The van der Waals surface area contributed by atoms with Gasteiger partial charge in [-0.2, -0.15) is 4.31 Å². The van der Waals surface area contributed by atoms with Crippen molar-refractivity contribution in [2.24, 2.45) is 5.92 Å². The van der Waals surface area contributed by atoms with Crippen LogP contribution in [0.15, 0.2) is 53.4 Å². The van der Waals surface area contributed by atoms with E-state index in [0.717, 1.165) is 5.39 Å². The Hall–Kier alpha value is -3.57. The lowest BCUT2D eigenvalue weighted by Crippen LogP contribution is -2.41. The molecule has 1 aromatic heterocycles. The molecule has 0 radical (unpaired) electrons. The quantitative estimate of drug-likeness (QED) is 0.521. The first-order valence-electron chi connectivity index (χ1n) is 10.7. The van der Waals surface area contributed by atoms with Crippen LogP contribution in [-0.2, 0) is 30.9 Å². The number of fused-ring (bicyclic) bond motifs is 1. The van der Waals surface area contributed by atoms with Crippen LogP contribution >= 0.6 is 0 Å². The van der Waals surface area contributed by atoms with Gasteiger partial charge in [0.05, 0.1) is 29.0 Å². The number of nitrogens with two attached hydrogens (primary N) is 1. The average molecular weight is 485 g/mol. The number of hydrogen-bond acceptors (Lipinski definition) is 9. The average Bonchev–Trinajstić information content (AvgIpc) is 2.87. The van der Waals surface area contributed by atoms with Crippen LogP contribution in [0.2, 0.25) is 0 Å². The van der Waals surface area contributed by atoms with Gasteiger partial charge in [0, 0.05) is 18.5 Å². The molecule has 10 nitrogen and oxygen atoms in total. The van der Waals surface area contributed by atoms with Gasteiger partial charge in [-0.25, -0.2) is 23.2 Å². The minimum atomic E-state index is -3.93. The number of anilines is 1. The molecular weight excluding hydrogens is 460 g/mol. The summed E-state index contributed by atoms with van der Waals surface area (Å²) in [5.41, 5.74) is 6.60. The summed E-state index contributed by atoms with van der Waals surface area (Å²) in [6.45, 7) is 0.118. The van der Waals surface area contributed by atoms with Crippen molar-refractivity contribution in [1.29, 1.82) is 0 Å². The Labute approximate surface area is 196 Å². The molecule has 2 aromatic carbocycles. The van der Waals surface area contributed by atoms with E-state index in [-0.39, 0.29) is 30.2 Å². The van der Waals surface area contributed by atoms with Crippen LogP contribution < -0.4 is 5.73 Å². The number of carbonyl (C=O) groups excluding carboxylic acids is 2. The maximum absolute atomic E-state index is 13.1. The highest BCUT2D eigenvalue weighted by Gasteiger charge is 2.35. The maximum atomic E-state index is 13.1. The molecule has 4 rings (SSSR count). The number of esters is 2. The topological polar surface area (TPSA) is 142 Å². The Morgan fingerprint density at radius 3 is 2.47 bits per heavy atom. The van der Waals surface area contributed by atoms with Crippen molar-refractivity contribution in [3.8, 4) is 0 Å². The summed E-state index contributed by atoms with van der Waals surface area (Å²) in [7, 11) is -2.74. The smallest absolute Gasteiger partial charge is 0.339 e. The first kappa shape index (κ1) is 23.6. The molecule has 1 saturated heterocycles. The number of piperidine rings is 1. The summed E-state index contributed by atoms with van der Waals surface area (Å²) < 4.78 is 37.6. The number of nitrogen functional groups attached to an aromatic ring is 1. The fraction of sp³-hybridized carbons (Fsp3) is 0.304. The van der Waals surface area contributed by atoms with Crippen molar-refractivity contribution in [2.45, 2.75) is 24.3 Å². The van der Waals surface area contributed by atoms with Crippen LogP contribution in [-0.4, -0.2) is 54.8 Å². The number of para-hydroxylation sites is 1. The lowest BCUT2D eigenvalue weighted by Gasteiger charge is -2.30. The number of benzene rings is 2. The van der Waals surface area contributed by atoms with E-state index < -0.39 is 27.9 Å². The fourth-order valence-corrected chi connectivity index (χ4v) is 5.56. The van der Waals surface area contributed by atoms with Crippen molar-refractivity contribution in [1.82, 2.24) is 14.3 Å². The third kappa shape index (κ3) is 4.70. The van der Waals surface area contributed by atoms with Crippen LogP contribution in [0.3, 0.4) is 0 Å². The molecule has 0 bridgehead atoms. The molecule has 1 aliphatic heterocycles. The summed E-state index contributed by atoms with van der Waals surface area (Å²) in [5.74, 6) is -1.02. The Bertz CT molecular complexity index is 1340. The molecular formula is C23H24N4O6S. The van der Waals surface area contributed by atoms with Crippen LogP contribution in [0.25, 0.3) is 10.9 Å². The minimum absolute atomic E-state index is 0.0267. The van der Waals surface area contributed by atoms with Gasteiger partial charge in [0.2, 0.25) is 10.0 Å². The van der Waals surface area contributed by atoms with Crippen LogP contribution in [0, 0.1) is 5.92 Å². The molecule has 0 amide bonds. The zero-order valence-corrected chi connectivity index (χ0v) is 19.3. The third-order valence-electron chi connectivity index (χ3n) is 5.72. The van der Waals surface area contributed by atoms with Crippen molar-refractivity contribution in [3.63, 3.8) is 0 Å². The normalized spacial score (nSPS) is 15.2. The molecule has 0 spiro atoms. The number of aromatic nitrogens is 2. The first-order valence-corrected chi connectivity index (χ1v) is 12.1. The van der Waals surface area contributed by atoms with Crippen LogP contribution in [0.5, 0.6) is 0 Å². The van der Waals surface area contributed by atoms with Gasteiger partial charge in [-0.15, -0.1) is 0 Å². The minimum Gasteiger partial charge on any atom is -0.465 e. The van der Waals surface area contributed by atoms with Gasteiger partial charge in [0.15, 0.2) is 12.4 Å². The van der Waals surface area contributed by atoms with Crippen molar-refractivity contribution in [3.05, 3.63) is 59.9 Å². The first-order chi connectivity index (χ1) is 16.3. The summed E-state index contributed by atoms with van der Waals surface area (Å²) in [6.07, 6.45) is 0.582. The molecule has 178 valence electrons. The summed E-state index contributed by atoms with van der Waals surface area (Å²) in [6, 6.07) is 13.2. The molecule has 0 aliphatic carbocycles. The summed E-state index contributed by atoms with van der Waals surface area (Å²) >= 11 is 0. The number of hydrogen-bond donors (Lipinski definition) is 1. The predicted octanol–water partition coefficient (Wildman–Crippen LogP) is 2.14. The van der Waals surface area contributed by atoms with E-state index in [4.69, 9.17) is 15.2 Å². The standard InChI is InChI=1S/C23H24N4O6S/c1-32-23(29)17-7-3-5-9-19(17)34(30,31)27-12-10-15(11-13-27)22(28)33-14-20-25-18-8-4-2-6-16(18)21(24)26-20/h2-9,15H,10-14H2,1H3,(H2,24,25,26). The van der Waals surface area contributed by atoms with Crippen molar-refractivity contribution >= 4 is 38.7 Å². The van der Waals surface area contributed by atoms with Crippen LogP contribution in [0.4, 0.5) is 5.82 Å².